The van der Waals surface area contributed by atoms with Gasteiger partial charge in [-0.3, -0.25) is 15.1 Å². The summed E-state index contributed by atoms with van der Waals surface area (Å²) in [7, 11) is 0. The Morgan fingerprint density at radius 1 is 1.00 bits per heavy atom. The van der Waals surface area contributed by atoms with Crippen LogP contribution in [-0.4, -0.2) is 17.9 Å². The molecule has 0 amide bonds. The number of fused-ring (bicyclic) bond motifs is 1. The van der Waals surface area contributed by atoms with Crippen LogP contribution in [0.1, 0.15) is 5.76 Å². The zero-order valence-electron chi connectivity index (χ0n) is 12.9. The molecular weight excluding hydrogens is 324 g/mol. The lowest BCUT2D eigenvalue weighted by molar-refractivity contribution is -0.384. The van der Waals surface area contributed by atoms with E-state index >= 15 is 0 Å². The van der Waals surface area contributed by atoms with Crippen LogP contribution >= 0.6 is 0 Å². The highest BCUT2D eigenvalue weighted by Gasteiger charge is 2.13. The third kappa shape index (κ3) is 3.07. The Hall–Kier alpha value is -3.61. The average molecular weight is 336 g/mol. The first kappa shape index (κ1) is 14.9. The fourth-order valence-corrected chi connectivity index (χ4v) is 2.43. The van der Waals surface area contributed by atoms with E-state index in [0.717, 1.165) is 11.3 Å². The molecule has 0 saturated carbocycles. The summed E-state index contributed by atoms with van der Waals surface area (Å²) in [5.41, 5.74) is 1.52. The highest BCUT2D eigenvalue weighted by molar-refractivity contribution is 5.80. The lowest BCUT2D eigenvalue weighted by Crippen LogP contribution is -1.92. The largest absolute Gasteiger partial charge is 0.455 e. The van der Waals surface area contributed by atoms with Gasteiger partial charge in [0.15, 0.2) is 11.5 Å². The fraction of sp³-hybridized carbons (Fsp3) is 0.0556. The SMILES string of the molecule is O=[N+]([O-])c1ccc(-c2ccc(C=Nc3ccc4c(c3)OCO4)o2)cc1. The van der Waals surface area contributed by atoms with Crippen molar-refractivity contribution < 1.29 is 18.8 Å². The van der Waals surface area contributed by atoms with Gasteiger partial charge in [-0.05, 0) is 36.4 Å². The maximum atomic E-state index is 10.7. The highest BCUT2D eigenvalue weighted by Crippen LogP contribution is 2.35. The van der Waals surface area contributed by atoms with Crippen molar-refractivity contribution >= 4 is 17.6 Å². The van der Waals surface area contributed by atoms with E-state index in [1.54, 1.807) is 42.6 Å². The lowest BCUT2D eigenvalue weighted by atomic mass is 10.1. The average Bonchev–Trinajstić information content (AvgIpc) is 3.29. The lowest BCUT2D eigenvalue weighted by Gasteiger charge is -1.97. The summed E-state index contributed by atoms with van der Waals surface area (Å²) in [5.74, 6) is 2.56. The Bertz CT molecular complexity index is 960. The minimum absolute atomic E-state index is 0.0416. The van der Waals surface area contributed by atoms with Crippen LogP contribution in [0.3, 0.4) is 0 Å². The van der Waals surface area contributed by atoms with E-state index in [1.807, 2.05) is 6.07 Å². The van der Waals surface area contributed by atoms with Crippen LogP contribution in [0.5, 0.6) is 11.5 Å². The first-order chi connectivity index (χ1) is 12.2. The third-order valence-electron chi connectivity index (χ3n) is 3.69. The van der Waals surface area contributed by atoms with Crippen LogP contribution in [0, 0.1) is 10.1 Å². The second kappa shape index (κ2) is 6.12. The summed E-state index contributed by atoms with van der Waals surface area (Å²) in [4.78, 5) is 14.6. The Balaban J connectivity index is 1.52. The van der Waals surface area contributed by atoms with Gasteiger partial charge in [-0.1, -0.05) is 0 Å². The predicted molar refractivity (Wildman–Crippen MR) is 90.6 cm³/mol. The normalized spacial score (nSPS) is 12.6. The monoisotopic (exact) mass is 336 g/mol. The van der Waals surface area contributed by atoms with E-state index in [0.29, 0.717) is 23.0 Å². The second-order valence-electron chi connectivity index (χ2n) is 5.30. The molecule has 0 aliphatic carbocycles. The summed E-state index contributed by atoms with van der Waals surface area (Å²) in [6, 6.07) is 15.2. The molecule has 1 aliphatic heterocycles. The summed E-state index contributed by atoms with van der Waals surface area (Å²) < 4.78 is 16.3. The third-order valence-corrected chi connectivity index (χ3v) is 3.69. The highest BCUT2D eigenvalue weighted by atomic mass is 16.7. The van der Waals surface area contributed by atoms with Crippen LogP contribution < -0.4 is 9.47 Å². The molecule has 7 heteroatoms. The molecule has 0 atom stereocenters. The van der Waals surface area contributed by atoms with Gasteiger partial charge in [0.1, 0.15) is 11.5 Å². The van der Waals surface area contributed by atoms with Crippen LogP contribution in [-0.2, 0) is 0 Å². The molecule has 25 heavy (non-hydrogen) atoms. The Morgan fingerprint density at radius 2 is 1.80 bits per heavy atom. The van der Waals surface area contributed by atoms with Gasteiger partial charge in [0.05, 0.1) is 16.8 Å². The standard InChI is InChI=1S/C18H12N2O5/c21-20(22)14-4-1-12(2-5-14)16-8-6-15(25-16)10-19-13-3-7-17-18(9-13)24-11-23-17/h1-10H,11H2. The number of furan rings is 1. The summed E-state index contributed by atoms with van der Waals surface area (Å²) in [5, 5.41) is 10.7. The molecule has 124 valence electrons. The maximum Gasteiger partial charge on any atom is 0.269 e. The molecule has 1 aliphatic rings. The Kier molecular flexibility index (Phi) is 3.66. The van der Waals surface area contributed by atoms with Crippen molar-refractivity contribution in [3.63, 3.8) is 0 Å². The predicted octanol–water partition coefficient (Wildman–Crippen LogP) is 4.33. The number of benzene rings is 2. The molecule has 0 radical (unpaired) electrons. The molecule has 0 bridgehead atoms. The number of ether oxygens (including phenoxy) is 2. The number of non-ortho nitro benzene ring substituents is 1. The van der Waals surface area contributed by atoms with Gasteiger partial charge in [-0.2, -0.15) is 0 Å². The van der Waals surface area contributed by atoms with E-state index in [-0.39, 0.29) is 12.5 Å². The molecule has 3 aromatic rings. The van der Waals surface area contributed by atoms with Gasteiger partial charge in [-0.25, -0.2) is 0 Å². The van der Waals surface area contributed by atoms with Gasteiger partial charge >= 0.3 is 0 Å². The van der Waals surface area contributed by atoms with Gasteiger partial charge in [0.2, 0.25) is 6.79 Å². The molecule has 4 rings (SSSR count). The second-order valence-corrected chi connectivity index (χ2v) is 5.30. The summed E-state index contributed by atoms with van der Waals surface area (Å²) >= 11 is 0. The minimum atomic E-state index is -0.435. The van der Waals surface area contributed by atoms with E-state index < -0.39 is 4.92 Å². The van der Waals surface area contributed by atoms with E-state index in [9.17, 15) is 10.1 Å². The first-order valence-electron chi connectivity index (χ1n) is 7.47. The van der Waals surface area contributed by atoms with E-state index in [2.05, 4.69) is 4.99 Å². The summed E-state index contributed by atoms with van der Waals surface area (Å²) in [6.45, 7) is 0.222. The molecule has 2 heterocycles. The zero-order valence-corrected chi connectivity index (χ0v) is 12.9. The van der Waals surface area contributed by atoms with Crippen LogP contribution in [0.2, 0.25) is 0 Å². The molecule has 0 N–H and O–H groups in total. The topological polar surface area (TPSA) is 87.1 Å². The first-order valence-corrected chi connectivity index (χ1v) is 7.47. The molecule has 0 unspecified atom stereocenters. The van der Waals surface area contributed by atoms with Gasteiger partial charge < -0.3 is 13.9 Å². The van der Waals surface area contributed by atoms with Crippen molar-refractivity contribution in [1.82, 2.24) is 0 Å². The maximum absolute atomic E-state index is 10.7. The minimum Gasteiger partial charge on any atom is -0.455 e. The molecule has 7 nitrogen and oxygen atoms in total. The van der Waals surface area contributed by atoms with Gasteiger partial charge in [0.25, 0.3) is 5.69 Å². The number of nitrogens with zero attached hydrogens (tertiary/aromatic N) is 2. The van der Waals surface area contributed by atoms with Gasteiger partial charge in [-0.15, -0.1) is 0 Å². The molecular formula is C18H12N2O5. The number of rotatable bonds is 4. The quantitative estimate of drug-likeness (QED) is 0.402. The molecule has 0 fully saturated rings. The number of hydrogen-bond acceptors (Lipinski definition) is 6. The zero-order chi connectivity index (χ0) is 17.2. The molecule has 0 saturated heterocycles. The van der Waals surface area contributed by atoms with E-state index in [4.69, 9.17) is 13.9 Å². The fourth-order valence-electron chi connectivity index (χ4n) is 2.43. The van der Waals surface area contributed by atoms with Crippen molar-refractivity contribution in [2.24, 2.45) is 4.99 Å². The number of hydrogen-bond donors (Lipinski definition) is 0. The molecule has 0 spiro atoms. The number of nitro groups is 1. The molecule has 2 aromatic carbocycles. The summed E-state index contributed by atoms with van der Waals surface area (Å²) in [6.07, 6.45) is 1.60. The number of nitro benzene ring substituents is 1. The Labute approximate surface area is 142 Å². The molecule has 1 aromatic heterocycles. The van der Waals surface area contributed by atoms with Crippen molar-refractivity contribution in [3.05, 3.63) is 70.5 Å². The van der Waals surface area contributed by atoms with Crippen LogP contribution in [0.4, 0.5) is 11.4 Å². The van der Waals surface area contributed by atoms with E-state index in [1.165, 1.54) is 12.1 Å². The van der Waals surface area contributed by atoms with Crippen molar-refractivity contribution in [2.45, 2.75) is 0 Å². The van der Waals surface area contributed by atoms with Crippen molar-refractivity contribution in [2.75, 3.05) is 6.79 Å². The Morgan fingerprint density at radius 3 is 2.60 bits per heavy atom. The van der Waals surface area contributed by atoms with Crippen LogP contribution in [0.15, 0.2) is 64.0 Å². The number of aliphatic imine (C=N–C) groups is 1. The smallest absolute Gasteiger partial charge is 0.269 e. The van der Waals surface area contributed by atoms with Crippen LogP contribution in [0.25, 0.3) is 11.3 Å². The van der Waals surface area contributed by atoms with Crippen molar-refractivity contribution in [3.8, 4) is 22.8 Å². The van der Waals surface area contributed by atoms with Crippen molar-refractivity contribution in [1.29, 1.82) is 0 Å². The van der Waals surface area contributed by atoms with Gasteiger partial charge in [0, 0.05) is 23.8 Å².